The van der Waals surface area contributed by atoms with E-state index in [-0.39, 0.29) is 11.7 Å². The number of thiophene rings is 1. The zero-order chi connectivity index (χ0) is 23.2. The highest BCUT2D eigenvalue weighted by Gasteiger charge is 2.15. The number of nitrogens with two attached hydrogens (primary N) is 1. The Morgan fingerprint density at radius 1 is 1.00 bits per heavy atom. The van der Waals surface area contributed by atoms with Gasteiger partial charge in [0.05, 0.1) is 11.4 Å². The van der Waals surface area contributed by atoms with Crippen molar-refractivity contribution in [3.8, 4) is 10.4 Å². The van der Waals surface area contributed by atoms with Gasteiger partial charge in [-0.15, -0.1) is 11.3 Å². The van der Waals surface area contributed by atoms with E-state index in [4.69, 9.17) is 5.73 Å². The molecule has 7 heteroatoms. The van der Waals surface area contributed by atoms with Crippen LogP contribution in [0.1, 0.15) is 33.6 Å². The molecule has 1 aliphatic rings. The Morgan fingerprint density at radius 2 is 1.73 bits per heavy atom. The molecule has 1 aromatic heterocycles. The molecule has 2 aromatic carbocycles. The monoisotopic (exact) mass is 462 g/mol. The molecule has 0 radical (unpaired) electrons. The minimum absolute atomic E-state index is 0.115. The third kappa shape index (κ3) is 6.07. The zero-order valence-electron chi connectivity index (χ0n) is 18.9. The van der Waals surface area contributed by atoms with Gasteiger partial charge in [0.1, 0.15) is 0 Å². The highest BCUT2D eigenvalue weighted by atomic mass is 32.1. The molecule has 1 fully saturated rings. The number of carbonyl (C=O) groups excluding carboxylic acids is 2. The van der Waals surface area contributed by atoms with E-state index >= 15 is 0 Å². The van der Waals surface area contributed by atoms with Gasteiger partial charge in [0.15, 0.2) is 5.78 Å². The number of benzene rings is 2. The lowest BCUT2D eigenvalue weighted by atomic mass is 10.0. The fraction of sp³-hybridized carbons (Fsp3) is 0.308. The summed E-state index contributed by atoms with van der Waals surface area (Å²) in [5, 5.41) is 4.91. The third-order valence-corrected chi connectivity index (χ3v) is 6.97. The highest BCUT2D eigenvalue weighted by molar-refractivity contribution is 7.13. The van der Waals surface area contributed by atoms with Gasteiger partial charge >= 0.3 is 0 Å². The molecular formula is C26H30N4O2S. The van der Waals surface area contributed by atoms with Gasteiger partial charge in [-0.3, -0.25) is 9.59 Å². The van der Waals surface area contributed by atoms with Crippen LogP contribution in [0.5, 0.6) is 0 Å². The summed E-state index contributed by atoms with van der Waals surface area (Å²) in [6.07, 6.45) is 1.37. The first-order valence-electron chi connectivity index (χ1n) is 11.3. The highest BCUT2D eigenvalue weighted by Crippen LogP contribution is 2.30. The molecular weight excluding hydrogens is 432 g/mol. The molecule has 33 heavy (non-hydrogen) atoms. The standard InChI is InChI=1S/C26H30N4O2S/c1-29-13-15-30(16-14-29)12-2-4-24(31)19-6-8-20(9-7-19)26(32)28-23-18-21(10-11-22(23)27)25-5-3-17-33-25/h3,5-11,17-18H,2,4,12-16,27H2,1H3,(H,28,32). The molecule has 0 atom stereocenters. The average Bonchev–Trinajstić information content (AvgIpc) is 3.37. The van der Waals surface area contributed by atoms with E-state index in [2.05, 4.69) is 22.2 Å². The van der Waals surface area contributed by atoms with Crippen molar-refractivity contribution in [3.63, 3.8) is 0 Å². The first-order valence-corrected chi connectivity index (χ1v) is 12.2. The molecule has 0 bridgehead atoms. The van der Waals surface area contributed by atoms with Gasteiger partial charge < -0.3 is 20.9 Å². The van der Waals surface area contributed by atoms with Gasteiger partial charge in [0, 0.05) is 48.6 Å². The second-order valence-electron chi connectivity index (χ2n) is 8.48. The number of rotatable bonds is 8. The van der Waals surface area contributed by atoms with Crippen LogP contribution in [0.25, 0.3) is 10.4 Å². The Bertz CT molecular complexity index is 1090. The van der Waals surface area contributed by atoms with Crippen molar-refractivity contribution in [1.29, 1.82) is 0 Å². The van der Waals surface area contributed by atoms with Crippen molar-refractivity contribution in [2.75, 3.05) is 50.8 Å². The predicted octanol–water partition coefficient (Wildman–Crippen LogP) is 4.46. The molecule has 6 nitrogen and oxygen atoms in total. The minimum Gasteiger partial charge on any atom is -0.397 e. The van der Waals surface area contributed by atoms with E-state index < -0.39 is 0 Å². The van der Waals surface area contributed by atoms with E-state index in [1.165, 1.54) is 0 Å². The molecule has 0 unspecified atom stereocenters. The molecule has 4 rings (SSSR count). The maximum absolute atomic E-state index is 12.8. The fourth-order valence-corrected chi connectivity index (χ4v) is 4.67. The zero-order valence-corrected chi connectivity index (χ0v) is 19.7. The molecule has 0 spiro atoms. The van der Waals surface area contributed by atoms with Crippen LogP contribution in [0, 0.1) is 0 Å². The summed E-state index contributed by atoms with van der Waals surface area (Å²) in [5.74, 6) is -0.136. The number of ketones is 1. The van der Waals surface area contributed by atoms with Crippen LogP contribution in [0.15, 0.2) is 60.0 Å². The molecule has 2 heterocycles. The molecule has 1 aliphatic heterocycles. The maximum Gasteiger partial charge on any atom is 0.255 e. The second-order valence-corrected chi connectivity index (χ2v) is 9.43. The summed E-state index contributed by atoms with van der Waals surface area (Å²) in [4.78, 5) is 31.2. The molecule has 0 aliphatic carbocycles. The maximum atomic E-state index is 12.8. The summed E-state index contributed by atoms with van der Waals surface area (Å²) in [6, 6.07) is 16.5. The number of nitrogens with zero attached hydrogens (tertiary/aromatic N) is 2. The summed E-state index contributed by atoms with van der Waals surface area (Å²) in [7, 11) is 2.14. The Balaban J connectivity index is 1.32. The Labute approximate surface area is 199 Å². The van der Waals surface area contributed by atoms with Gasteiger partial charge in [-0.25, -0.2) is 0 Å². The van der Waals surface area contributed by atoms with Gasteiger partial charge in [0.2, 0.25) is 0 Å². The van der Waals surface area contributed by atoms with Crippen molar-refractivity contribution in [2.45, 2.75) is 12.8 Å². The summed E-state index contributed by atoms with van der Waals surface area (Å²) in [5.41, 5.74) is 9.31. The average molecular weight is 463 g/mol. The van der Waals surface area contributed by atoms with Crippen LogP contribution in [0.4, 0.5) is 11.4 Å². The van der Waals surface area contributed by atoms with E-state index in [0.717, 1.165) is 49.6 Å². The second kappa shape index (κ2) is 10.7. The largest absolute Gasteiger partial charge is 0.397 e. The number of amides is 1. The molecule has 1 saturated heterocycles. The van der Waals surface area contributed by atoms with Gasteiger partial charge in [-0.1, -0.05) is 24.3 Å². The first kappa shape index (κ1) is 23.2. The number of anilines is 2. The van der Waals surface area contributed by atoms with Gasteiger partial charge in [-0.2, -0.15) is 0 Å². The van der Waals surface area contributed by atoms with E-state index in [1.807, 2.05) is 29.6 Å². The molecule has 1 amide bonds. The summed E-state index contributed by atoms with van der Waals surface area (Å²) in [6.45, 7) is 5.25. The lowest BCUT2D eigenvalue weighted by Gasteiger charge is -2.32. The van der Waals surface area contributed by atoms with E-state index in [9.17, 15) is 9.59 Å². The number of Topliss-reactive ketones (excluding diaryl/α,β-unsaturated/α-hetero) is 1. The lowest BCUT2D eigenvalue weighted by molar-refractivity contribution is 0.0965. The van der Waals surface area contributed by atoms with E-state index in [0.29, 0.717) is 28.9 Å². The van der Waals surface area contributed by atoms with Crippen LogP contribution in [-0.2, 0) is 0 Å². The topological polar surface area (TPSA) is 78.7 Å². The van der Waals surface area contributed by atoms with Crippen LogP contribution in [0.2, 0.25) is 0 Å². The molecule has 0 saturated carbocycles. The number of nitrogen functional groups attached to an aromatic ring is 1. The van der Waals surface area contributed by atoms with Crippen LogP contribution >= 0.6 is 11.3 Å². The van der Waals surface area contributed by atoms with Crippen molar-refractivity contribution in [1.82, 2.24) is 9.80 Å². The summed E-state index contributed by atoms with van der Waals surface area (Å²) >= 11 is 1.63. The van der Waals surface area contributed by atoms with Crippen molar-refractivity contribution >= 4 is 34.4 Å². The fourth-order valence-electron chi connectivity index (χ4n) is 3.94. The minimum atomic E-state index is -0.251. The van der Waals surface area contributed by atoms with Crippen LogP contribution < -0.4 is 11.1 Å². The SMILES string of the molecule is CN1CCN(CCCC(=O)c2ccc(C(=O)Nc3cc(-c4cccs4)ccc3N)cc2)CC1. The Hall–Kier alpha value is -3.00. The number of hydrogen-bond donors (Lipinski definition) is 2. The number of nitrogens with one attached hydrogen (secondary N) is 1. The van der Waals surface area contributed by atoms with Crippen molar-refractivity contribution in [3.05, 3.63) is 71.1 Å². The third-order valence-electron chi connectivity index (χ3n) is 6.05. The van der Waals surface area contributed by atoms with Crippen molar-refractivity contribution in [2.24, 2.45) is 0 Å². The van der Waals surface area contributed by atoms with E-state index in [1.54, 1.807) is 41.7 Å². The molecule has 3 aromatic rings. The number of likely N-dealkylation sites (N-methyl/N-ethyl adjacent to an activating group) is 1. The first-order chi connectivity index (χ1) is 16.0. The van der Waals surface area contributed by atoms with Crippen molar-refractivity contribution < 1.29 is 9.59 Å². The summed E-state index contributed by atoms with van der Waals surface area (Å²) < 4.78 is 0. The Kier molecular flexibility index (Phi) is 7.54. The smallest absolute Gasteiger partial charge is 0.255 e. The van der Waals surface area contributed by atoms with Gasteiger partial charge in [-0.05, 0) is 61.3 Å². The number of piperazine rings is 1. The lowest BCUT2D eigenvalue weighted by Crippen LogP contribution is -2.44. The normalized spacial score (nSPS) is 14.8. The molecule has 172 valence electrons. The number of carbonyl (C=O) groups is 2. The molecule has 3 N–H and O–H groups in total. The quantitative estimate of drug-likeness (QED) is 0.382. The Morgan fingerprint density at radius 3 is 2.42 bits per heavy atom. The van der Waals surface area contributed by atoms with Crippen LogP contribution in [0.3, 0.4) is 0 Å². The number of hydrogen-bond acceptors (Lipinski definition) is 6. The van der Waals surface area contributed by atoms with Crippen LogP contribution in [-0.4, -0.2) is 61.3 Å². The van der Waals surface area contributed by atoms with Gasteiger partial charge in [0.25, 0.3) is 5.91 Å². The predicted molar refractivity (Wildman–Crippen MR) is 136 cm³/mol.